The minimum atomic E-state index is -5.71. The molecule has 0 spiro atoms. The van der Waals surface area contributed by atoms with Crippen molar-refractivity contribution in [3.63, 3.8) is 0 Å². The lowest BCUT2D eigenvalue weighted by molar-refractivity contribution is -0.0421. The van der Waals surface area contributed by atoms with Crippen LogP contribution in [-0.4, -0.2) is 68.0 Å². The van der Waals surface area contributed by atoms with E-state index in [1.807, 2.05) is 0 Å². The van der Waals surface area contributed by atoms with Gasteiger partial charge in [-0.3, -0.25) is 9.51 Å². The van der Waals surface area contributed by atoms with Crippen molar-refractivity contribution < 1.29 is 56.3 Å². The summed E-state index contributed by atoms with van der Waals surface area (Å²) < 4.78 is 53.3. The first-order valence-corrected chi connectivity index (χ1v) is 15.2. The van der Waals surface area contributed by atoms with Gasteiger partial charge in [0.25, 0.3) is 0 Å². The largest absolute Gasteiger partial charge is 0.490 e. The number of aromatic amines is 1. The van der Waals surface area contributed by atoms with Gasteiger partial charge >= 0.3 is 29.2 Å². The van der Waals surface area contributed by atoms with Crippen LogP contribution in [0.5, 0.6) is 0 Å². The highest BCUT2D eigenvalue weighted by Gasteiger charge is 2.43. The second kappa shape index (κ2) is 11.1. The fourth-order valence-electron chi connectivity index (χ4n) is 3.57. The van der Waals surface area contributed by atoms with Gasteiger partial charge in [-0.05, 0) is 0 Å². The number of fused-ring (bicyclic) bond motifs is 1. The van der Waals surface area contributed by atoms with E-state index in [1.165, 1.54) is 23.3 Å². The highest BCUT2D eigenvalue weighted by molar-refractivity contribution is 7.66. The molecule has 0 radical (unpaired) electrons. The summed E-state index contributed by atoms with van der Waals surface area (Å²) in [6.45, 7) is -0.858. The van der Waals surface area contributed by atoms with Gasteiger partial charge in [0.15, 0.2) is 0 Å². The third-order valence-corrected chi connectivity index (χ3v) is 8.95. The summed E-state index contributed by atoms with van der Waals surface area (Å²) in [5.41, 5.74) is 11.9. The molecule has 4 heterocycles. The molecule has 10 N–H and O–H groups in total. The molecule has 0 aromatic carbocycles. The Hall–Kier alpha value is -3.01. The highest BCUT2D eigenvalue weighted by Crippen LogP contribution is 2.66. The molecule has 0 amide bonds. The quantitative estimate of drug-likeness (QED) is 0.111. The van der Waals surface area contributed by atoms with Crippen LogP contribution in [0.25, 0.3) is 11.0 Å². The SMILES string of the molecule is Nc1[nH]c(=O)ncc1C#Cc1cn([C@H]2C[C@H](O)[C@@H](COP(=O)(O)OP(=O)(O)OP(=O)(O)O)O2)c2ncnc(N)c12. The van der Waals surface area contributed by atoms with Crippen LogP contribution in [-0.2, 0) is 31.6 Å². The van der Waals surface area contributed by atoms with Crippen LogP contribution in [0.3, 0.4) is 0 Å². The Bertz CT molecular complexity index is 1710. The first-order valence-electron chi connectivity index (χ1n) is 10.6. The molecule has 5 atom stereocenters. The molecule has 0 aliphatic carbocycles. The third-order valence-electron chi connectivity index (χ3n) is 5.15. The lowest BCUT2D eigenvalue weighted by Gasteiger charge is -2.19. The Morgan fingerprint density at radius 2 is 1.77 bits per heavy atom. The summed E-state index contributed by atoms with van der Waals surface area (Å²) in [4.78, 5) is 61.4. The maximum atomic E-state index is 12.0. The van der Waals surface area contributed by atoms with Gasteiger partial charge in [-0.15, -0.1) is 0 Å². The van der Waals surface area contributed by atoms with Gasteiger partial charge in [0.05, 0.1) is 35.4 Å². The predicted octanol–water partition coefficient (Wildman–Crippen LogP) is -0.930. The Morgan fingerprint density at radius 1 is 1.07 bits per heavy atom. The monoisotopic (exact) mass is 623 g/mol. The van der Waals surface area contributed by atoms with Gasteiger partial charge < -0.3 is 45.5 Å². The van der Waals surface area contributed by atoms with Gasteiger partial charge in [0.1, 0.15) is 35.9 Å². The van der Waals surface area contributed by atoms with Gasteiger partial charge in [0.2, 0.25) is 0 Å². The lowest BCUT2D eigenvalue weighted by Crippen LogP contribution is -2.26. The first-order chi connectivity index (χ1) is 18.5. The minimum absolute atomic E-state index is 0.0125. The van der Waals surface area contributed by atoms with Crippen LogP contribution in [0.4, 0.5) is 11.6 Å². The maximum Gasteiger partial charge on any atom is 0.490 e. The molecular formula is C17H20N7O13P3. The minimum Gasteiger partial charge on any atom is -0.390 e. The van der Waals surface area contributed by atoms with Gasteiger partial charge in [-0.2, -0.15) is 8.62 Å². The number of aromatic nitrogens is 5. The maximum absolute atomic E-state index is 12.0. The fourth-order valence-corrected chi connectivity index (χ4v) is 6.60. The summed E-state index contributed by atoms with van der Waals surface area (Å²) >= 11 is 0. The Morgan fingerprint density at radius 3 is 2.45 bits per heavy atom. The predicted molar refractivity (Wildman–Crippen MR) is 132 cm³/mol. The lowest BCUT2D eigenvalue weighted by atomic mass is 10.2. The van der Waals surface area contributed by atoms with E-state index in [0.717, 1.165) is 0 Å². The molecule has 0 saturated carbocycles. The van der Waals surface area contributed by atoms with Crippen molar-refractivity contribution in [1.29, 1.82) is 0 Å². The van der Waals surface area contributed by atoms with E-state index in [2.05, 4.69) is 44.9 Å². The highest BCUT2D eigenvalue weighted by atomic mass is 31.3. The van der Waals surface area contributed by atoms with Crippen molar-refractivity contribution in [3.05, 3.63) is 40.3 Å². The van der Waals surface area contributed by atoms with Crippen molar-refractivity contribution in [2.24, 2.45) is 0 Å². The molecule has 4 rings (SSSR count). The van der Waals surface area contributed by atoms with E-state index in [-0.39, 0.29) is 29.3 Å². The molecule has 1 saturated heterocycles. The standard InChI is InChI=1S/C17H20N7O13P3/c18-14-8(4-20-17(26)23-14)1-2-9-5-24(16-13(9)15(19)21-7-22-16)12-3-10(25)11(35-12)6-34-39(30,31)37-40(32,33)36-38(27,28)29/h4-5,7,10-12,25H,3,6H2,(H,30,31)(H,32,33)(H2,19,21,22)(H2,27,28,29)(H3,18,20,23,26)/t10-,11+,12+/m0/s1. The van der Waals surface area contributed by atoms with E-state index in [1.54, 1.807) is 0 Å². The van der Waals surface area contributed by atoms with E-state index in [0.29, 0.717) is 10.9 Å². The molecular weight excluding hydrogens is 603 g/mol. The summed E-state index contributed by atoms with van der Waals surface area (Å²) in [5, 5.41) is 10.8. The van der Waals surface area contributed by atoms with E-state index < -0.39 is 54.2 Å². The van der Waals surface area contributed by atoms with Crippen molar-refractivity contribution in [3.8, 4) is 11.8 Å². The number of aliphatic hydroxyl groups is 1. The van der Waals surface area contributed by atoms with Crippen LogP contribution in [0.15, 0.2) is 23.5 Å². The van der Waals surface area contributed by atoms with E-state index in [9.17, 15) is 33.4 Å². The topological polar surface area (TPSA) is 318 Å². The molecule has 1 fully saturated rings. The number of aliphatic hydroxyl groups excluding tert-OH is 1. The molecule has 3 aromatic rings. The van der Waals surface area contributed by atoms with Crippen LogP contribution >= 0.6 is 23.5 Å². The Labute approximate surface area is 222 Å². The number of nitrogen functional groups attached to an aromatic ring is 2. The number of rotatable bonds is 8. The number of phosphoric ester groups is 1. The molecule has 40 heavy (non-hydrogen) atoms. The van der Waals surface area contributed by atoms with Gasteiger partial charge in [0, 0.05) is 12.6 Å². The van der Waals surface area contributed by atoms with E-state index in [4.69, 9.17) is 26.0 Å². The number of nitrogens with one attached hydrogen (secondary N) is 1. The Kier molecular flexibility index (Phi) is 8.32. The number of ether oxygens (including phenoxy) is 1. The normalized spacial score (nSPS) is 22.4. The van der Waals surface area contributed by atoms with Crippen LogP contribution < -0.4 is 17.2 Å². The summed E-state index contributed by atoms with van der Waals surface area (Å²) in [5.74, 6) is 5.63. The number of hydrogen-bond acceptors (Lipinski definition) is 14. The Balaban J connectivity index is 1.54. The zero-order valence-corrected chi connectivity index (χ0v) is 22.3. The number of nitrogens with two attached hydrogens (primary N) is 2. The van der Waals surface area contributed by atoms with Crippen molar-refractivity contribution in [2.75, 3.05) is 18.1 Å². The van der Waals surface area contributed by atoms with Gasteiger partial charge in [-0.25, -0.2) is 33.4 Å². The van der Waals surface area contributed by atoms with Crippen LogP contribution in [0.1, 0.15) is 23.8 Å². The fraction of sp³-hybridized carbons (Fsp3) is 0.294. The molecule has 2 unspecified atom stereocenters. The van der Waals surface area contributed by atoms with E-state index >= 15 is 0 Å². The third kappa shape index (κ3) is 7.19. The zero-order chi connectivity index (χ0) is 29.5. The summed E-state index contributed by atoms with van der Waals surface area (Å²) in [6, 6.07) is 0. The number of nitrogens with zero attached hydrogens (tertiary/aromatic N) is 4. The molecule has 216 valence electrons. The average Bonchev–Trinajstić information content (AvgIpc) is 3.36. The average molecular weight is 623 g/mol. The number of phosphoric acid groups is 3. The molecule has 23 heteroatoms. The number of H-pyrrole nitrogens is 1. The van der Waals surface area contributed by atoms with Crippen molar-refractivity contribution in [1.82, 2.24) is 24.5 Å². The van der Waals surface area contributed by atoms with Crippen molar-refractivity contribution in [2.45, 2.75) is 24.9 Å². The molecule has 1 aliphatic heterocycles. The van der Waals surface area contributed by atoms with Crippen LogP contribution in [0, 0.1) is 11.8 Å². The van der Waals surface area contributed by atoms with Crippen LogP contribution in [0.2, 0.25) is 0 Å². The van der Waals surface area contributed by atoms with Gasteiger partial charge in [-0.1, -0.05) is 11.8 Å². The molecule has 1 aliphatic rings. The molecule has 20 nitrogen and oxygen atoms in total. The first kappa shape index (κ1) is 30.0. The molecule has 0 bridgehead atoms. The second-order valence-electron chi connectivity index (χ2n) is 7.99. The molecule has 3 aromatic heterocycles. The number of anilines is 2. The number of hydrogen-bond donors (Lipinski definition) is 8. The smallest absolute Gasteiger partial charge is 0.390 e. The second-order valence-corrected chi connectivity index (χ2v) is 12.4. The zero-order valence-electron chi connectivity index (χ0n) is 19.7. The van der Waals surface area contributed by atoms with Crippen molar-refractivity contribution >= 4 is 46.1 Å². The summed E-state index contributed by atoms with van der Waals surface area (Å²) in [7, 11) is -16.7. The summed E-state index contributed by atoms with van der Waals surface area (Å²) in [6.07, 6.45) is 0.217.